The molecule has 0 aromatic rings. The summed E-state index contributed by atoms with van der Waals surface area (Å²) in [5.74, 6) is -0.309. The van der Waals surface area contributed by atoms with Crippen LogP contribution in [0, 0.1) is 11.8 Å². The molecule has 1 saturated carbocycles. The van der Waals surface area contributed by atoms with Gasteiger partial charge in [-0.15, -0.1) is 0 Å². The number of ether oxygens (including phenoxy) is 4. The van der Waals surface area contributed by atoms with Crippen LogP contribution < -0.4 is 5.32 Å². The summed E-state index contributed by atoms with van der Waals surface area (Å²) in [6.45, 7) is 16.8. The minimum atomic E-state index is -1.93. The molecule has 0 aromatic carbocycles. The zero-order chi connectivity index (χ0) is 32.5. The third-order valence-electron chi connectivity index (χ3n) is 10.2. The molecule has 2 heterocycles. The van der Waals surface area contributed by atoms with Gasteiger partial charge in [0.1, 0.15) is 36.1 Å². The minimum Gasteiger partial charge on any atom is -0.417 e. The molecule has 0 spiro atoms. The van der Waals surface area contributed by atoms with Crippen molar-refractivity contribution in [3.05, 3.63) is 0 Å². The molecule has 0 radical (unpaired) electrons. The maximum absolute atomic E-state index is 11.7. The van der Waals surface area contributed by atoms with Crippen molar-refractivity contribution in [2.24, 2.45) is 11.8 Å². The fourth-order valence-corrected chi connectivity index (χ4v) is 7.46. The Labute approximate surface area is 258 Å². The molecule has 3 rings (SSSR count). The molecule has 2 saturated heterocycles. The molecule has 2 aliphatic heterocycles. The second-order valence-corrected chi connectivity index (χ2v) is 19.4. The van der Waals surface area contributed by atoms with E-state index < -0.39 is 81.4 Å². The Hall–Kier alpha value is -0.263. The van der Waals surface area contributed by atoms with E-state index >= 15 is 0 Å². The molecule has 0 amide bonds. The SMILES string of the molecule is CC[C@H]1O[C@H](OC2[C@@H](C)C[C@@H](CCCO[Si](C)(C)C(C)(C)C)[C@H](O[C@H]3OC[C@](C)(O)[C@H](NC)[C@H]3O)[C@H]2O)[C@H](O)[C@@H](O)[C@@H]1O. The largest absolute Gasteiger partial charge is 0.417 e. The first-order valence-corrected chi connectivity index (χ1v) is 18.8. The summed E-state index contributed by atoms with van der Waals surface area (Å²) in [7, 11) is -0.288. The highest BCUT2D eigenvalue weighted by atomic mass is 28.4. The van der Waals surface area contributed by atoms with Crippen molar-refractivity contribution in [2.45, 2.75) is 158 Å². The van der Waals surface area contributed by atoms with Gasteiger partial charge in [0, 0.05) is 6.61 Å². The molecule has 43 heavy (non-hydrogen) atoms. The lowest BCUT2D eigenvalue weighted by Crippen LogP contribution is -2.66. The topological polar surface area (TPSA) is 180 Å². The van der Waals surface area contributed by atoms with Crippen molar-refractivity contribution < 1.29 is 54.0 Å². The van der Waals surface area contributed by atoms with Crippen LogP contribution in [0.4, 0.5) is 0 Å². The number of hydrogen-bond acceptors (Lipinski definition) is 12. The summed E-state index contributed by atoms with van der Waals surface area (Å²) in [5, 5.41) is 67.9. The molecule has 13 heteroatoms. The van der Waals surface area contributed by atoms with E-state index in [9.17, 15) is 30.6 Å². The molecule has 7 N–H and O–H groups in total. The van der Waals surface area contributed by atoms with E-state index in [0.717, 1.165) is 6.42 Å². The van der Waals surface area contributed by atoms with Crippen LogP contribution in [0.15, 0.2) is 0 Å². The monoisotopic (exact) mass is 637 g/mol. The maximum atomic E-state index is 11.7. The second-order valence-electron chi connectivity index (χ2n) is 14.6. The van der Waals surface area contributed by atoms with E-state index in [0.29, 0.717) is 25.9 Å². The van der Waals surface area contributed by atoms with Gasteiger partial charge in [0.15, 0.2) is 20.9 Å². The van der Waals surface area contributed by atoms with Crippen LogP contribution >= 0.6 is 0 Å². The van der Waals surface area contributed by atoms with Crippen LogP contribution in [-0.4, -0.2) is 132 Å². The predicted octanol–water partition coefficient (Wildman–Crippen LogP) is 0.850. The molecular formula is C30H59NO11Si. The van der Waals surface area contributed by atoms with Crippen molar-refractivity contribution in [3.8, 4) is 0 Å². The number of aliphatic hydroxyl groups excluding tert-OH is 5. The van der Waals surface area contributed by atoms with E-state index in [-0.39, 0.29) is 23.5 Å². The lowest BCUT2D eigenvalue weighted by atomic mass is 9.74. The first-order valence-electron chi connectivity index (χ1n) is 15.9. The molecule has 3 aliphatic rings. The van der Waals surface area contributed by atoms with E-state index in [1.807, 2.05) is 6.92 Å². The van der Waals surface area contributed by atoms with Gasteiger partial charge in [-0.05, 0) is 69.6 Å². The molecule has 14 atom stereocenters. The zero-order valence-electron chi connectivity index (χ0n) is 27.5. The summed E-state index contributed by atoms with van der Waals surface area (Å²) in [4.78, 5) is 0. The fraction of sp³-hybridized carbons (Fsp3) is 1.00. The Morgan fingerprint density at radius 3 is 2.14 bits per heavy atom. The van der Waals surface area contributed by atoms with Crippen LogP contribution in [0.5, 0.6) is 0 Å². The highest BCUT2D eigenvalue weighted by Crippen LogP contribution is 2.41. The van der Waals surface area contributed by atoms with Gasteiger partial charge >= 0.3 is 0 Å². The number of hydrogen-bond donors (Lipinski definition) is 7. The standard InChI is InChI=1S/C30H59NO11Si/c1-10-18-19(32)20(33)21(34)28(40-18)41-24-16(2)14-17(12-11-13-39-43(8,9)29(3,4)5)25(22(24)35)42-27-23(36)26(31-7)30(6,37)15-38-27/h16-28,31-37H,10-15H2,1-9H3/t16-,17+,18+,19+,20-,21+,22-,23+,24?,25-,26+,27+,28+,30-/m0/s1. The average molecular weight is 638 g/mol. The van der Waals surface area contributed by atoms with Gasteiger partial charge in [0.25, 0.3) is 0 Å². The van der Waals surface area contributed by atoms with Crippen molar-refractivity contribution in [1.82, 2.24) is 5.32 Å². The Morgan fingerprint density at radius 1 is 0.930 bits per heavy atom. The average Bonchev–Trinajstić information content (AvgIpc) is 2.91. The van der Waals surface area contributed by atoms with Crippen LogP contribution in [0.25, 0.3) is 0 Å². The second kappa shape index (κ2) is 14.7. The molecule has 3 fully saturated rings. The van der Waals surface area contributed by atoms with E-state index in [1.165, 1.54) is 0 Å². The Morgan fingerprint density at radius 2 is 1.56 bits per heavy atom. The molecule has 1 unspecified atom stereocenters. The first-order chi connectivity index (χ1) is 19.9. The number of likely N-dealkylation sites (N-methyl/N-ethyl adjacent to an activating group) is 1. The van der Waals surface area contributed by atoms with Crippen molar-refractivity contribution >= 4 is 8.32 Å². The summed E-state index contributed by atoms with van der Waals surface area (Å²) >= 11 is 0. The normalized spacial score (nSPS) is 44.9. The van der Waals surface area contributed by atoms with Crippen LogP contribution in [0.3, 0.4) is 0 Å². The highest BCUT2D eigenvalue weighted by Gasteiger charge is 2.52. The lowest BCUT2D eigenvalue weighted by Gasteiger charge is -2.49. The third kappa shape index (κ3) is 8.37. The van der Waals surface area contributed by atoms with Gasteiger partial charge in [-0.3, -0.25) is 0 Å². The summed E-state index contributed by atoms with van der Waals surface area (Å²) in [6, 6.07) is -0.723. The number of rotatable bonds is 11. The fourth-order valence-electron chi connectivity index (χ4n) is 6.37. The van der Waals surface area contributed by atoms with E-state index in [1.54, 1.807) is 20.9 Å². The number of nitrogens with one attached hydrogen (secondary N) is 1. The quantitative estimate of drug-likeness (QED) is 0.126. The van der Waals surface area contributed by atoms with Gasteiger partial charge in [-0.25, -0.2) is 0 Å². The smallest absolute Gasteiger partial charge is 0.191 e. The summed E-state index contributed by atoms with van der Waals surface area (Å²) < 4.78 is 30.5. The molecule has 254 valence electrons. The van der Waals surface area contributed by atoms with Gasteiger partial charge in [0.05, 0.1) is 31.0 Å². The van der Waals surface area contributed by atoms with Crippen molar-refractivity contribution in [2.75, 3.05) is 20.3 Å². The Bertz CT molecular complexity index is 872. The van der Waals surface area contributed by atoms with Crippen molar-refractivity contribution in [3.63, 3.8) is 0 Å². The minimum absolute atomic E-state index is 0.0782. The van der Waals surface area contributed by atoms with Gasteiger partial charge in [0.2, 0.25) is 0 Å². The Balaban J connectivity index is 1.78. The summed E-state index contributed by atoms with van der Waals surface area (Å²) in [5.41, 5.74) is -1.32. The maximum Gasteiger partial charge on any atom is 0.191 e. The van der Waals surface area contributed by atoms with Gasteiger partial charge in [-0.2, -0.15) is 0 Å². The molecular weight excluding hydrogens is 578 g/mol. The lowest BCUT2D eigenvalue weighted by molar-refractivity contribution is -0.338. The highest BCUT2D eigenvalue weighted by molar-refractivity contribution is 6.74. The Kier molecular flexibility index (Phi) is 12.7. The number of aliphatic hydroxyl groups is 6. The van der Waals surface area contributed by atoms with E-state index in [4.69, 9.17) is 23.4 Å². The van der Waals surface area contributed by atoms with Gasteiger partial charge in [-0.1, -0.05) is 34.6 Å². The third-order valence-corrected chi connectivity index (χ3v) is 14.7. The van der Waals surface area contributed by atoms with Crippen LogP contribution in [0.1, 0.15) is 67.2 Å². The van der Waals surface area contributed by atoms with E-state index in [2.05, 4.69) is 39.2 Å². The molecule has 12 nitrogen and oxygen atoms in total. The first kappa shape index (κ1) is 37.2. The molecule has 0 aromatic heterocycles. The van der Waals surface area contributed by atoms with Crippen LogP contribution in [-0.2, 0) is 23.4 Å². The molecule has 1 aliphatic carbocycles. The zero-order valence-corrected chi connectivity index (χ0v) is 28.5. The van der Waals surface area contributed by atoms with Gasteiger partial charge < -0.3 is 59.3 Å². The summed E-state index contributed by atoms with van der Waals surface area (Å²) in [6.07, 6.45) is -8.97. The predicted molar refractivity (Wildman–Crippen MR) is 162 cm³/mol. The van der Waals surface area contributed by atoms with Crippen LogP contribution in [0.2, 0.25) is 18.1 Å². The van der Waals surface area contributed by atoms with Crippen molar-refractivity contribution in [1.29, 1.82) is 0 Å². The molecule has 0 bridgehead atoms.